The maximum Gasteiger partial charge on any atom is 0.322 e. The van der Waals surface area contributed by atoms with Gasteiger partial charge < -0.3 is 9.84 Å². The second-order valence-corrected chi connectivity index (χ2v) is 9.23. The van der Waals surface area contributed by atoms with Gasteiger partial charge in [-0.3, -0.25) is 4.79 Å². The van der Waals surface area contributed by atoms with Crippen molar-refractivity contribution >= 4 is 16.2 Å². The van der Waals surface area contributed by atoms with Crippen molar-refractivity contribution in [1.29, 1.82) is 0 Å². The molecule has 0 aromatic rings. The normalized spacial score (nSPS) is 30.5. The summed E-state index contributed by atoms with van der Waals surface area (Å²) in [5.41, 5.74) is -0.0617. The molecule has 2 saturated heterocycles. The van der Waals surface area contributed by atoms with Crippen molar-refractivity contribution in [3.8, 4) is 0 Å². The van der Waals surface area contributed by atoms with Gasteiger partial charge in [-0.05, 0) is 37.0 Å². The molecular formula is C15H28N2O5S. The molecule has 134 valence electrons. The second-order valence-electron chi connectivity index (χ2n) is 7.52. The van der Waals surface area contributed by atoms with Gasteiger partial charge in [0.25, 0.3) is 10.2 Å². The van der Waals surface area contributed by atoms with E-state index in [1.165, 1.54) is 0 Å². The smallest absolute Gasteiger partial charge is 0.322 e. The molecule has 0 aromatic heterocycles. The van der Waals surface area contributed by atoms with Crippen LogP contribution in [0.5, 0.6) is 0 Å². The number of nitrogens with one attached hydrogen (secondary N) is 1. The number of carboxylic acid groups (broad SMARTS) is 1. The molecule has 0 spiro atoms. The summed E-state index contributed by atoms with van der Waals surface area (Å²) < 4.78 is 34.5. The van der Waals surface area contributed by atoms with Gasteiger partial charge in [-0.2, -0.15) is 12.7 Å². The lowest BCUT2D eigenvalue weighted by molar-refractivity contribution is -0.140. The van der Waals surface area contributed by atoms with E-state index < -0.39 is 22.2 Å². The Morgan fingerprint density at radius 3 is 2.61 bits per heavy atom. The van der Waals surface area contributed by atoms with E-state index in [0.29, 0.717) is 19.4 Å². The van der Waals surface area contributed by atoms with Crippen LogP contribution < -0.4 is 4.72 Å². The fourth-order valence-corrected chi connectivity index (χ4v) is 5.07. The van der Waals surface area contributed by atoms with Crippen LogP contribution in [0.1, 0.15) is 46.5 Å². The van der Waals surface area contributed by atoms with E-state index in [9.17, 15) is 13.2 Å². The van der Waals surface area contributed by atoms with Crippen LogP contribution in [-0.4, -0.2) is 55.6 Å². The molecule has 2 N–H and O–H groups in total. The van der Waals surface area contributed by atoms with Crippen molar-refractivity contribution in [2.45, 2.75) is 58.6 Å². The van der Waals surface area contributed by atoms with Crippen molar-refractivity contribution in [2.24, 2.45) is 11.3 Å². The predicted molar refractivity (Wildman–Crippen MR) is 86.2 cm³/mol. The molecule has 2 heterocycles. The van der Waals surface area contributed by atoms with Gasteiger partial charge in [-0.25, -0.2) is 4.72 Å². The Kier molecular flexibility index (Phi) is 5.71. The Hall–Kier alpha value is -0.700. The lowest BCUT2D eigenvalue weighted by atomic mass is 9.78. The SMILES string of the molecule is CC(C)(C)C1OCCCC1CNS(=O)(=O)N1CCCC1C(=O)O. The molecule has 0 radical (unpaired) electrons. The van der Waals surface area contributed by atoms with Crippen LogP contribution in [0.2, 0.25) is 0 Å². The molecule has 7 nitrogen and oxygen atoms in total. The standard InChI is InChI=1S/C15H28N2O5S/c1-15(2,3)13-11(6-5-9-22-13)10-16-23(20,21)17-8-4-7-12(17)14(18)19/h11-13,16H,4-10H2,1-3H3,(H,18,19). The summed E-state index contributed by atoms with van der Waals surface area (Å²) in [5.74, 6) is -0.981. The largest absolute Gasteiger partial charge is 0.480 e. The highest BCUT2D eigenvalue weighted by Gasteiger charge is 2.40. The van der Waals surface area contributed by atoms with E-state index in [2.05, 4.69) is 25.5 Å². The Labute approximate surface area is 138 Å². The Bertz CT molecular complexity index is 528. The first-order chi connectivity index (χ1) is 10.6. The van der Waals surface area contributed by atoms with E-state index in [0.717, 1.165) is 17.1 Å². The van der Waals surface area contributed by atoms with Crippen molar-refractivity contribution in [3.05, 3.63) is 0 Å². The van der Waals surface area contributed by atoms with E-state index >= 15 is 0 Å². The summed E-state index contributed by atoms with van der Waals surface area (Å²) in [6.45, 7) is 7.52. The molecular weight excluding hydrogens is 320 g/mol. The molecule has 2 rings (SSSR count). The minimum atomic E-state index is -3.78. The molecule has 23 heavy (non-hydrogen) atoms. The fraction of sp³-hybridized carbons (Fsp3) is 0.933. The van der Waals surface area contributed by atoms with Gasteiger partial charge in [0.05, 0.1) is 6.10 Å². The molecule has 2 aliphatic rings. The summed E-state index contributed by atoms with van der Waals surface area (Å²) in [7, 11) is -3.78. The number of aliphatic carboxylic acids is 1. The highest BCUT2D eigenvalue weighted by molar-refractivity contribution is 7.87. The Morgan fingerprint density at radius 1 is 1.30 bits per heavy atom. The molecule has 8 heteroatoms. The van der Waals surface area contributed by atoms with Gasteiger partial charge >= 0.3 is 5.97 Å². The number of rotatable bonds is 5. The van der Waals surface area contributed by atoms with E-state index in [-0.39, 0.29) is 30.5 Å². The summed E-state index contributed by atoms with van der Waals surface area (Å²) in [6, 6.07) is -0.950. The maximum absolute atomic E-state index is 12.5. The van der Waals surface area contributed by atoms with Crippen molar-refractivity contribution in [3.63, 3.8) is 0 Å². The summed E-state index contributed by atoms with van der Waals surface area (Å²) in [4.78, 5) is 11.2. The van der Waals surface area contributed by atoms with Gasteiger partial charge in [0.15, 0.2) is 0 Å². The second kappa shape index (κ2) is 7.04. The van der Waals surface area contributed by atoms with Gasteiger partial charge in [-0.15, -0.1) is 0 Å². The minimum absolute atomic E-state index is 0.00667. The van der Waals surface area contributed by atoms with Crippen LogP contribution in [0, 0.1) is 11.3 Å². The lowest BCUT2D eigenvalue weighted by Gasteiger charge is -2.40. The third-order valence-corrected chi connectivity index (χ3v) is 6.21. The third-order valence-electron chi connectivity index (χ3n) is 4.62. The third kappa shape index (κ3) is 4.43. The van der Waals surface area contributed by atoms with Crippen LogP contribution in [0.4, 0.5) is 0 Å². The Morgan fingerprint density at radius 2 is 2.00 bits per heavy atom. The summed E-state index contributed by atoms with van der Waals surface area (Å²) in [5, 5.41) is 9.16. The van der Waals surface area contributed by atoms with Gasteiger partial charge in [0.1, 0.15) is 6.04 Å². The number of hydrogen-bond donors (Lipinski definition) is 2. The van der Waals surface area contributed by atoms with Crippen molar-refractivity contribution < 1.29 is 23.1 Å². The average Bonchev–Trinajstić information content (AvgIpc) is 2.95. The first-order valence-electron chi connectivity index (χ1n) is 8.24. The van der Waals surface area contributed by atoms with Crippen molar-refractivity contribution in [2.75, 3.05) is 19.7 Å². The van der Waals surface area contributed by atoms with Crippen LogP contribution in [0.15, 0.2) is 0 Å². The zero-order valence-electron chi connectivity index (χ0n) is 14.1. The average molecular weight is 348 g/mol. The predicted octanol–water partition coefficient (Wildman–Crippen LogP) is 1.21. The first kappa shape index (κ1) is 18.6. The quantitative estimate of drug-likeness (QED) is 0.778. The minimum Gasteiger partial charge on any atom is -0.480 e. The van der Waals surface area contributed by atoms with Crippen LogP contribution >= 0.6 is 0 Å². The van der Waals surface area contributed by atoms with E-state index in [1.807, 2.05) is 0 Å². The van der Waals surface area contributed by atoms with E-state index in [4.69, 9.17) is 9.84 Å². The molecule has 0 aromatic carbocycles. The van der Waals surface area contributed by atoms with Crippen LogP contribution in [0.3, 0.4) is 0 Å². The highest BCUT2D eigenvalue weighted by Crippen LogP contribution is 2.34. The maximum atomic E-state index is 12.5. The van der Waals surface area contributed by atoms with Gasteiger partial charge in [-0.1, -0.05) is 20.8 Å². The van der Waals surface area contributed by atoms with E-state index in [1.54, 1.807) is 0 Å². The van der Waals surface area contributed by atoms with Gasteiger partial charge in [0.2, 0.25) is 0 Å². The molecule has 2 aliphatic heterocycles. The molecule has 3 unspecified atom stereocenters. The monoisotopic (exact) mass is 348 g/mol. The number of nitrogens with zero attached hydrogens (tertiary/aromatic N) is 1. The lowest BCUT2D eigenvalue weighted by Crippen LogP contribution is -2.50. The zero-order chi connectivity index (χ0) is 17.3. The molecule has 0 saturated carbocycles. The van der Waals surface area contributed by atoms with Gasteiger partial charge in [0, 0.05) is 19.7 Å². The number of carboxylic acids is 1. The first-order valence-corrected chi connectivity index (χ1v) is 9.68. The molecule has 3 atom stereocenters. The zero-order valence-corrected chi connectivity index (χ0v) is 14.9. The topological polar surface area (TPSA) is 95.9 Å². The van der Waals surface area contributed by atoms with Crippen molar-refractivity contribution in [1.82, 2.24) is 9.03 Å². The van der Waals surface area contributed by atoms with Crippen LogP contribution in [-0.2, 0) is 19.7 Å². The summed E-state index contributed by atoms with van der Waals surface area (Å²) >= 11 is 0. The molecule has 0 amide bonds. The number of carbonyl (C=O) groups is 1. The number of hydrogen-bond acceptors (Lipinski definition) is 4. The fourth-order valence-electron chi connectivity index (χ4n) is 3.58. The summed E-state index contributed by atoms with van der Waals surface area (Å²) in [6.07, 6.45) is 2.77. The highest BCUT2D eigenvalue weighted by atomic mass is 32.2. The van der Waals surface area contributed by atoms with Crippen LogP contribution in [0.25, 0.3) is 0 Å². The molecule has 0 aliphatic carbocycles. The molecule has 2 fully saturated rings. The number of ether oxygens (including phenoxy) is 1. The Balaban J connectivity index is 2.02. The molecule has 0 bridgehead atoms.